The zero-order valence-corrected chi connectivity index (χ0v) is 16.5. The summed E-state index contributed by atoms with van der Waals surface area (Å²) in [5.41, 5.74) is 3.77. The molecule has 0 saturated heterocycles. The molecule has 0 unspecified atom stereocenters. The summed E-state index contributed by atoms with van der Waals surface area (Å²) in [6, 6.07) is 17.4. The second-order valence-electron chi connectivity index (χ2n) is 6.50. The highest BCUT2D eigenvalue weighted by Crippen LogP contribution is 2.17. The molecule has 3 aromatic rings. The van der Waals surface area contributed by atoms with Gasteiger partial charge in [-0.1, -0.05) is 49.7 Å². The number of nitrogens with zero attached hydrogens (tertiary/aromatic N) is 2. The number of amides is 1. The third kappa shape index (κ3) is 5.06. The van der Waals surface area contributed by atoms with Gasteiger partial charge in [0.15, 0.2) is 0 Å². The normalized spacial score (nSPS) is 11.1. The van der Waals surface area contributed by atoms with Crippen molar-refractivity contribution >= 4 is 28.4 Å². The second-order valence-corrected chi connectivity index (χ2v) is 6.89. The fraction of sp³-hybridized carbons (Fsp3) is 0.273. The average molecular weight is 382 g/mol. The molecule has 1 amide bonds. The van der Waals surface area contributed by atoms with Gasteiger partial charge in [-0.25, -0.2) is 4.98 Å². The maximum Gasteiger partial charge on any atom is 0.251 e. The number of carbonyl (C=O) groups is 1. The summed E-state index contributed by atoms with van der Waals surface area (Å²) >= 11 is 5.90. The Labute approximate surface area is 165 Å². The summed E-state index contributed by atoms with van der Waals surface area (Å²) in [5, 5.41) is 4.32. The van der Waals surface area contributed by atoms with E-state index in [0.717, 1.165) is 36.1 Å². The van der Waals surface area contributed by atoms with Crippen LogP contribution in [-0.4, -0.2) is 28.9 Å². The molecule has 2 aromatic carbocycles. The average Bonchev–Trinajstić information content (AvgIpc) is 2.70. The van der Waals surface area contributed by atoms with Crippen LogP contribution in [0.5, 0.6) is 0 Å². The number of aromatic nitrogens is 1. The van der Waals surface area contributed by atoms with Gasteiger partial charge in [-0.3, -0.25) is 9.69 Å². The van der Waals surface area contributed by atoms with Crippen LogP contribution in [0.3, 0.4) is 0 Å². The Morgan fingerprint density at radius 3 is 2.41 bits per heavy atom. The van der Waals surface area contributed by atoms with Crippen molar-refractivity contribution in [1.29, 1.82) is 0 Å². The highest BCUT2D eigenvalue weighted by molar-refractivity contribution is 6.29. The molecular weight excluding hydrogens is 358 g/mol. The molecule has 0 aliphatic carbocycles. The quantitative estimate of drug-likeness (QED) is 0.605. The van der Waals surface area contributed by atoms with Crippen LogP contribution in [0.4, 0.5) is 0 Å². The highest BCUT2D eigenvalue weighted by atomic mass is 35.5. The molecule has 27 heavy (non-hydrogen) atoms. The molecule has 0 aliphatic heterocycles. The number of hydrogen-bond acceptors (Lipinski definition) is 3. The van der Waals surface area contributed by atoms with Gasteiger partial charge in [0.05, 0.1) is 5.52 Å². The first kappa shape index (κ1) is 19.3. The number of nitrogens with one attached hydrogen (secondary N) is 1. The van der Waals surface area contributed by atoms with Crippen molar-refractivity contribution < 1.29 is 4.79 Å². The summed E-state index contributed by atoms with van der Waals surface area (Å²) in [6.45, 7) is 7.88. The van der Waals surface area contributed by atoms with E-state index < -0.39 is 0 Å². The van der Waals surface area contributed by atoms with Crippen LogP contribution in [0, 0.1) is 0 Å². The van der Waals surface area contributed by atoms with Gasteiger partial charge in [0.25, 0.3) is 5.91 Å². The predicted octanol–water partition coefficient (Wildman–Crippen LogP) is 4.66. The van der Waals surface area contributed by atoms with Crippen LogP contribution in [0.1, 0.15) is 35.3 Å². The molecule has 4 nitrogen and oxygen atoms in total. The topological polar surface area (TPSA) is 45.2 Å². The zero-order valence-electron chi connectivity index (χ0n) is 15.7. The number of fused-ring (bicyclic) bond motifs is 1. The largest absolute Gasteiger partial charge is 0.348 e. The molecule has 0 bridgehead atoms. The third-order valence-electron chi connectivity index (χ3n) is 4.69. The highest BCUT2D eigenvalue weighted by Gasteiger charge is 2.07. The molecule has 140 valence electrons. The zero-order chi connectivity index (χ0) is 19.2. The van der Waals surface area contributed by atoms with E-state index in [1.165, 1.54) is 5.56 Å². The Morgan fingerprint density at radius 2 is 1.70 bits per heavy atom. The fourth-order valence-electron chi connectivity index (χ4n) is 2.99. The van der Waals surface area contributed by atoms with Crippen LogP contribution in [0.25, 0.3) is 10.9 Å². The summed E-state index contributed by atoms with van der Waals surface area (Å²) in [5.74, 6) is -0.0981. The van der Waals surface area contributed by atoms with Gasteiger partial charge < -0.3 is 5.32 Å². The molecule has 0 fully saturated rings. The van der Waals surface area contributed by atoms with Gasteiger partial charge in [-0.15, -0.1) is 0 Å². The van der Waals surface area contributed by atoms with E-state index in [-0.39, 0.29) is 5.91 Å². The predicted molar refractivity (Wildman–Crippen MR) is 111 cm³/mol. The third-order valence-corrected chi connectivity index (χ3v) is 4.90. The van der Waals surface area contributed by atoms with Gasteiger partial charge >= 0.3 is 0 Å². The lowest BCUT2D eigenvalue weighted by molar-refractivity contribution is 0.0951. The summed E-state index contributed by atoms with van der Waals surface area (Å²) in [4.78, 5) is 19.1. The minimum Gasteiger partial charge on any atom is -0.348 e. The van der Waals surface area contributed by atoms with Crippen molar-refractivity contribution in [2.75, 3.05) is 13.1 Å². The van der Waals surface area contributed by atoms with Crippen molar-refractivity contribution in [1.82, 2.24) is 15.2 Å². The Morgan fingerprint density at radius 1 is 1.00 bits per heavy atom. The number of hydrogen-bond donors (Lipinski definition) is 1. The molecule has 0 atom stereocenters. The number of carbonyl (C=O) groups excluding carboxylic acids is 1. The van der Waals surface area contributed by atoms with Crippen LogP contribution in [0.15, 0.2) is 54.6 Å². The lowest BCUT2D eigenvalue weighted by Gasteiger charge is -2.18. The molecule has 1 aromatic heterocycles. The molecule has 3 rings (SSSR count). The number of halogens is 1. The Bertz CT molecular complexity index is 920. The van der Waals surface area contributed by atoms with Crippen LogP contribution in [-0.2, 0) is 13.1 Å². The van der Waals surface area contributed by atoms with Crippen molar-refractivity contribution in [3.8, 4) is 0 Å². The Kier molecular flexibility index (Phi) is 6.43. The molecular formula is C22H24ClN3O. The molecule has 1 heterocycles. The summed E-state index contributed by atoms with van der Waals surface area (Å²) < 4.78 is 0. The first-order valence-corrected chi connectivity index (χ1v) is 9.61. The van der Waals surface area contributed by atoms with E-state index in [4.69, 9.17) is 11.6 Å². The van der Waals surface area contributed by atoms with Crippen molar-refractivity contribution in [3.63, 3.8) is 0 Å². The first-order chi connectivity index (χ1) is 13.1. The van der Waals surface area contributed by atoms with E-state index in [2.05, 4.69) is 53.3 Å². The second kappa shape index (κ2) is 8.98. The fourth-order valence-corrected chi connectivity index (χ4v) is 3.15. The first-order valence-electron chi connectivity index (χ1n) is 9.23. The van der Waals surface area contributed by atoms with Crippen LogP contribution < -0.4 is 5.32 Å². The van der Waals surface area contributed by atoms with Crippen LogP contribution in [0.2, 0.25) is 5.15 Å². The molecule has 0 spiro atoms. The smallest absolute Gasteiger partial charge is 0.251 e. The lowest BCUT2D eigenvalue weighted by Crippen LogP contribution is -2.23. The van der Waals surface area contributed by atoms with E-state index in [1.54, 1.807) is 12.1 Å². The van der Waals surface area contributed by atoms with Gasteiger partial charge in [0, 0.05) is 24.0 Å². The minimum atomic E-state index is -0.0981. The van der Waals surface area contributed by atoms with Crippen molar-refractivity contribution in [2.24, 2.45) is 0 Å². The maximum absolute atomic E-state index is 12.5. The molecule has 5 heteroatoms. The van der Waals surface area contributed by atoms with Crippen molar-refractivity contribution in [3.05, 3.63) is 76.4 Å². The minimum absolute atomic E-state index is 0.0981. The molecule has 0 radical (unpaired) electrons. The van der Waals surface area contributed by atoms with Crippen molar-refractivity contribution in [2.45, 2.75) is 26.9 Å². The van der Waals surface area contributed by atoms with E-state index in [9.17, 15) is 4.79 Å². The standard InChI is InChI=1S/C22H24ClN3O/c1-3-26(4-2)15-17-7-5-16(6-8-17)14-24-22(27)19-9-11-20-18(13-19)10-12-21(23)25-20/h5-13H,3-4,14-15H2,1-2H3,(H,24,27). The van der Waals surface area contributed by atoms with Crippen LogP contribution >= 0.6 is 11.6 Å². The number of benzene rings is 2. The van der Waals surface area contributed by atoms with E-state index in [0.29, 0.717) is 17.3 Å². The monoisotopic (exact) mass is 381 g/mol. The van der Waals surface area contributed by atoms with Gasteiger partial charge in [0.1, 0.15) is 5.15 Å². The van der Waals surface area contributed by atoms with Gasteiger partial charge in [-0.2, -0.15) is 0 Å². The number of pyridine rings is 1. The maximum atomic E-state index is 12.5. The molecule has 0 saturated carbocycles. The van der Waals surface area contributed by atoms with Gasteiger partial charge in [-0.05, 0) is 54.5 Å². The van der Waals surface area contributed by atoms with E-state index in [1.807, 2.05) is 18.2 Å². The summed E-state index contributed by atoms with van der Waals surface area (Å²) in [6.07, 6.45) is 0. The van der Waals surface area contributed by atoms with E-state index >= 15 is 0 Å². The Balaban J connectivity index is 1.61. The summed E-state index contributed by atoms with van der Waals surface area (Å²) in [7, 11) is 0. The lowest BCUT2D eigenvalue weighted by atomic mass is 10.1. The molecule has 1 N–H and O–H groups in total. The SMILES string of the molecule is CCN(CC)Cc1ccc(CNC(=O)c2ccc3nc(Cl)ccc3c2)cc1. The Hall–Kier alpha value is -2.43. The molecule has 0 aliphatic rings. The van der Waals surface area contributed by atoms with Gasteiger partial charge in [0.2, 0.25) is 0 Å². The number of rotatable bonds is 7.